The Kier molecular flexibility index (Phi) is 7.60. The summed E-state index contributed by atoms with van der Waals surface area (Å²) in [5.74, 6) is 0.785. The molecule has 36 heavy (non-hydrogen) atoms. The van der Waals surface area contributed by atoms with Crippen LogP contribution in [0.2, 0.25) is 0 Å². The Balaban J connectivity index is 1.62. The molecule has 0 unspecified atom stereocenters. The highest BCUT2D eigenvalue weighted by Crippen LogP contribution is 2.67. The molecule has 4 saturated carbocycles. The van der Waals surface area contributed by atoms with Gasteiger partial charge in [-0.2, -0.15) is 0 Å². The van der Waals surface area contributed by atoms with Crippen molar-refractivity contribution in [3.63, 3.8) is 0 Å². The van der Waals surface area contributed by atoms with Crippen LogP contribution in [-0.2, 0) is 33.4 Å². The van der Waals surface area contributed by atoms with Crippen LogP contribution in [0.15, 0.2) is 0 Å². The topological polar surface area (TPSA) is 96.0 Å². The minimum atomic E-state index is -0.465. The largest absolute Gasteiger partial charge is 0.469 e. The SMILES string of the molecule is COC(=O)CC[C@@H](C)[C@H]1CC[C@H]2[C@@H]3[C@H](OC(C)=O)C[C@@H]4C[C@H](OC(C)=O)CC[C@]4(C)[C@H]3CC(=O)[C@]12C. The predicted molar refractivity (Wildman–Crippen MR) is 133 cm³/mol. The number of hydrogen-bond donors (Lipinski definition) is 0. The first kappa shape index (κ1) is 27.1. The maximum Gasteiger partial charge on any atom is 0.305 e. The van der Waals surface area contributed by atoms with Gasteiger partial charge in [0.15, 0.2) is 0 Å². The minimum Gasteiger partial charge on any atom is -0.469 e. The van der Waals surface area contributed by atoms with Crippen LogP contribution in [0.3, 0.4) is 0 Å². The fourth-order valence-electron chi connectivity index (χ4n) is 9.14. The zero-order valence-electron chi connectivity index (χ0n) is 22.8. The number of methoxy groups -OCH3 is 1. The average molecular weight is 505 g/mol. The van der Waals surface area contributed by atoms with Crippen molar-refractivity contribution in [1.82, 2.24) is 0 Å². The normalized spacial score (nSPS) is 42.4. The lowest BCUT2D eigenvalue weighted by atomic mass is 9.43. The van der Waals surface area contributed by atoms with Gasteiger partial charge in [-0.25, -0.2) is 0 Å². The first-order valence-electron chi connectivity index (χ1n) is 13.9. The number of ether oxygens (including phenoxy) is 3. The third-order valence-electron chi connectivity index (χ3n) is 10.9. The number of carbonyl (C=O) groups is 4. The molecule has 0 bridgehead atoms. The van der Waals surface area contributed by atoms with Gasteiger partial charge in [0.2, 0.25) is 0 Å². The predicted octanol–water partition coefficient (Wildman–Crippen LogP) is 4.89. The van der Waals surface area contributed by atoms with E-state index in [0.29, 0.717) is 25.0 Å². The lowest BCUT2D eigenvalue weighted by molar-refractivity contribution is -0.196. The van der Waals surface area contributed by atoms with E-state index in [0.717, 1.165) is 38.5 Å². The zero-order chi connectivity index (χ0) is 26.4. The monoisotopic (exact) mass is 504 g/mol. The number of ketones is 1. The highest BCUT2D eigenvalue weighted by molar-refractivity contribution is 5.87. The molecule has 0 aromatic carbocycles. The third kappa shape index (κ3) is 4.60. The van der Waals surface area contributed by atoms with E-state index < -0.39 is 5.41 Å². The van der Waals surface area contributed by atoms with Gasteiger partial charge in [0.25, 0.3) is 0 Å². The summed E-state index contributed by atoms with van der Waals surface area (Å²) < 4.78 is 16.5. The van der Waals surface area contributed by atoms with Crippen LogP contribution in [-0.4, -0.2) is 43.0 Å². The molecule has 4 aliphatic carbocycles. The quantitative estimate of drug-likeness (QED) is 0.375. The molecule has 4 aliphatic rings. The molecule has 0 spiro atoms. The number of rotatable bonds is 6. The van der Waals surface area contributed by atoms with E-state index in [-0.39, 0.29) is 71.0 Å². The van der Waals surface area contributed by atoms with Crippen molar-refractivity contribution in [2.45, 2.75) is 105 Å². The highest BCUT2D eigenvalue weighted by atomic mass is 16.5. The minimum absolute atomic E-state index is 0.0382. The highest BCUT2D eigenvalue weighted by Gasteiger charge is 2.66. The van der Waals surface area contributed by atoms with Crippen LogP contribution in [0.4, 0.5) is 0 Å². The van der Waals surface area contributed by atoms with Crippen molar-refractivity contribution < 1.29 is 33.4 Å². The van der Waals surface area contributed by atoms with Gasteiger partial charge in [-0.05, 0) is 80.0 Å². The molecule has 0 aliphatic heterocycles. The molecule has 7 nitrogen and oxygen atoms in total. The van der Waals surface area contributed by atoms with E-state index >= 15 is 0 Å². The molecular formula is C29H44O7. The molecule has 0 N–H and O–H groups in total. The van der Waals surface area contributed by atoms with Crippen LogP contribution >= 0.6 is 0 Å². The van der Waals surface area contributed by atoms with Gasteiger partial charge in [-0.15, -0.1) is 0 Å². The fourth-order valence-corrected chi connectivity index (χ4v) is 9.14. The Labute approximate surface area is 215 Å². The molecule has 7 heteroatoms. The van der Waals surface area contributed by atoms with Crippen LogP contribution in [0.5, 0.6) is 0 Å². The lowest BCUT2D eigenvalue weighted by Crippen LogP contribution is -2.62. The van der Waals surface area contributed by atoms with Gasteiger partial charge in [0, 0.05) is 38.0 Å². The fraction of sp³-hybridized carbons (Fsp3) is 0.862. The number of Topliss-reactive ketones (excluding diaryl/α,β-unsaturated/α-hetero) is 1. The van der Waals surface area contributed by atoms with Crippen LogP contribution in [0, 0.1) is 46.3 Å². The van der Waals surface area contributed by atoms with E-state index in [2.05, 4.69) is 20.8 Å². The lowest BCUT2D eigenvalue weighted by Gasteiger charge is -2.62. The van der Waals surface area contributed by atoms with Gasteiger partial charge in [0.05, 0.1) is 7.11 Å². The van der Waals surface area contributed by atoms with Crippen molar-refractivity contribution in [2.75, 3.05) is 7.11 Å². The van der Waals surface area contributed by atoms with E-state index in [9.17, 15) is 19.2 Å². The molecule has 10 atom stereocenters. The van der Waals surface area contributed by atoms with Crippen molar-refractivity contribution >= 4 is 23.7 Å². The summed E-state index contributed by atoms with van der Waals surface area (Å²) >= 11 is 0. The first-order chi connectivity index (χ1) is 16.9. The summed E-state index contributed by atoms with van der Waals surface area (Å²) in [7, 11) is 1.41. The van der Waals surface area contributed by atoms with Crippen LogP contribution < -0.4 is 0 Å². The zero-order valence-corrected chi connectivity index (χ0v) is 22.8. The van der Waals surface area contributed by atoms with E-state index in [1.807, 2.05) is 0 Å². The van der Waals surface area contributed by atoms with E-state index in [1.54, 1.807) is 0 Å². The summed E-state index contributed by atoms with van der Waals surface area (Å²) in [4.78, 5) is 49.7. The van der Waals surface area contributed by atoms with Crippen molar-refractivity contribution in [1.29, 1.82) is 0 Å². The second-order valence-electron chi connectivity index (χ2n) is 12.6. The molecule has 202 valence electrons. The van der Waals surface area contributed by atoms with E-state index in [1.165, 1.54) is 21.0 Å². The molecular weight excluding hydrogens is 460 g/mol. The summed E-state index contributed by atoms with van der Waals surface area (Å²) in [6.45, 7) is 9.57. The standard InChI is InChI=1S/C29H44O7/c1-16(7-10-26(33)34-6)21-8-9-22-27-23(15-25(32)29(21,22)5)28(4)12-11-20(35-17(2)30)13-19(28)14-24(27)36-18(3)31/h16,19-24,27H,7-15H2,1-6H3/t16-,19+,20-,21-,22+,23+,24-,27+,28+,29-/m1/s1. The Morgan fingerprint density at radius 2 is 1.69 bits per heavy atom. The number of fused-ring (bicyclic) bond motifs is 5. The second kappa shape index (κ2) is 10.1. The van der Waals surface area contributed by atoms with Crippen LogP contribution in [0.25, 0.3) is 0 Å². The smallest absolute Gasteiger partial charge is 0.305 e. The maximum atomic E-state index is 14.0. The van der Waals surface area contributed by atoms with Gasteiger partial charge >= 0.3 is 17.9 Å². The van der Waals surface area contributed by atoms with Gasteiger partial charge in [0.1, 0.15) is 18.0 Å². The summed E-state index contributed by atoms with van der Waals surface area (Å²) in [6, 6.07) is 0. The Morgan fingerprint density at radius 1 is 1.00 bits per heavy atom. The van der Waals surface area contributed by atoms with Crippen molar-refractivity contribution in [2.24, 2.45) is 46.3 Å². The van der Waals surface area contributed by atoms with Gasteiger partial charge in [-0.3, -0.25) is 19.2 Å². The molecule has 0 aromatic rings. The molecule has 0 aromatic heterocycles. The van der Waals surface area contributed by atoms with Gasteiger partial charge < -0.3 is 14.2 Å². The maximum absolute atomic E-state index is 14.0. The Hall–Kier alpha value is -1.92. The second-order valence-corrected chi connectivity index (χ2v) is 12.6. The average Bonchev–Trinajstić information content (AvgIpc) is 3.16. The summed E-state index contributed by atoms with van der Waals surface area (Å²) in [6.07, 6.45) is 6.44. The first-order valence-corrected chi connectivity index (χ1v) is 13.9. The molecule has 4 rings (SSSR count). The van der Waals surface area contributed by atoms with Crippen molar-refractivity contribution in [3.8, 4) is 0 Å². The number of hydrogen-bond acceptors (Lipinski definition) is 7. The Morgan fingerprint density at radius 3 is 2.33 bits per heavy atom. The molecule has 0 radical (unpaired) electrons. The van der Waals surface area contributed by atoms with Gasteiger partial charge in [-0.1, -0.05) is 20.8 Å². The number of esters is 3. The molecule has 0 heterocycles. The van der Waals surface area contributed by atoms with Crippen LogP contribution in [0.1, 0.15) is 92.4 Å². The summed E-state index contributed by atoms with van der Waals surface area (Å²) in [5, 5.41) is 0. The number of carbonyl (C=O) groups excluding carboxylic acids is 4. The molecule has 4 fully saturated rings. The molecule has 0 saturated heterocycles. The molecule has 0 amide bonds. The summed E-state index contributed by atoms with van der Waals surface area (Å²) in [5.41, 5.74) is -0.503. The van der Waals surface area contributed by atoms with E-state index in [4.69, 9.17) is 14.2 Å². The Bertz CT molecular complexity index is 898. The van der Waals surface area contributed by atoms with Crippen molar-refractivity contribution in [3.05, 3.63) is 0 Å². The third-order valence-corrected chi connectivity index (χ3v) is 10.9.